The van der Waals surface area contributed by atoms with Crippen molar-refractivity contribution in [3.63, 3.8) is 0 Å². The smallest absolute Gasteiger partial charge is 0.387 e. The van der Waals surface area contributed by atoms with E-state index in [1.807, 2.05) is 0 Å². The van der Waals surface area contributed by atoms with Crippen LogP contribution in [0.25, 0.3) is 0 Å². The van der Waals surface area contributed by atoms with Crippen LogP contribution in [0.2, 0.25) is 0 Å². The number of amides is 2. The predicted octanol–water partition coefficient (Wildman–Crippen LogP) is 1.74. The zero-order valence-electron chi connectivity index (χ0n) is 11.4. The van der Waals surface area contributed by atoms with Gasteiger partial charge in [-0.15, -0.1) is 0 Å². The van der Waals surface area contributed by atoms with Gasteiger partial charge in [-0.05, 0) is 19.4 Å². The van der Waals surface area contributed by atoms with Crippen LogP contribution in [0.4, 0.5) is 8.78 Å². The van der Waals surface area contributed by atoms with Gasteiger partial charge in [0.2, 0.25) is 11.8 Å². The molecule has 1 saturated heterocycles. The third-order valence-corrected chi connectivity index (χ3v) is 3.29. The molecule has 1 aliphatic rings. The second-order valence-corrected chi connectivity index (χ2v) is 4.81. The molecule has 2 rings (SSSR count). The predicted molar refractivity (Wildman–Crippen MR) is 70.8 cm³/mol. The van der Waals surface area contributed by atoms with Gasteiger partial charge in [-0.3, -0.25) is 20.2 Å². The number of para-hydroxylation sites is 1. The van der Waals surface area contributed by atoms with E-state index in [9.17, 15) is 18.4 Å². The standard InChI is InChI=1S/C14H16F2N2O3/c1-8(17-10-6-7-12(19)18-13(10)20)9-4-2-3-5-11(9)21-14(15)16/h2-5,8,10,14,17H,6-7H2,1H3,(H,18,19,20). The highest BCUT2D eigenvalue weighted by Gasteiger charge is 2.28. The van der Waals surface area contributed by atoms with Crippen LogP contribution in [0.5, 0.6) is 5.75 Å². The number of benzene rings is 1. The topological polar surface area (TPSA) is 67.4 Å². The molecule has 2 amide bonds. The van der Waals surface area contributed by atoms with Crippen molar-refractivity contribution in [2.45, 2.75) is 38.5 Å². The molecule has 1 aromatic carbocycles. The summed E-state index contributed by atoms with van der Waals surface area (Å²) in [5.41, 5.74) is 0.530. The fourth-order valence-corrected chi connectivity index (χ4v) is 2.29. The van der Waals surface area contributed by atoms with E-state index in [1.165, 1.54) is 6.07 Å². The van der Waals surface area contributed by atoms with Crippen LogP contribution in [-0.4, -0.2) is 24.5 Å². The van der Waals surface area contributed by atoms with Crippen LogP contribution in [0.15, 0.2) is 24.3 Å². The summed E-state index contributed by atoms with van der Waals surface area (Å²) in [7, 11) is 0. The molecule has 7 heteroatoms. The highest BCUT2D eigenvalue weighted by Crippen LogP contribution is 2.27. The number of halogens is 2. The number of carbonyl (C=O) groups excluding carboxylic acids is 2. The summed E-state index contributed by atoms with van der Waals surface area (Å²) in [4.78, 5) is 22.8. The molecule has 0 aliphatic carbocycles. The Bertz CT molecular complexity index is 537. The van der Waals surface area contributed by atoms with Crippen molar-refractivity contribution in [1.29, 1.82) is 0 Å². The van der Waals surface area contributed by atoms with Crippen LogP contribution in [-0.2, 0) is 9.59 Å². The van der Waals surface area contributed by atoms with Crippen LogP contribution >= 0.6 is 0 Å². The van der Waals surface area contributed by atoms with Crippen molar-refractivity contribution in [1.82, 2.24) is 10.6 Å². The molecule has 1 aliphatic heterocycles. The minimum absolute atomic E-state index is 0.0693. The van der Waals surface area contributed by atoms with Crippen molar-refractivity contribution in [2.24, 2.45) is 0 Å². The Labute approximate surface area is 120 Å². The average Bonchev–Trinajstić information content (AvgIpc) is 2.42. The third kappa shape index (κ3) is 3.98. The number of ether oxygens (including phenoxy) is 1. The van der Waals surface area contributed by atoms with E-state index in [-0.39, 0.29) is 24.1 Å². The lowest BCUT2D eigenvalue weighted by molar-refractivity contribution is -0.134. The molecule has 1 fully saturated rings. The first-order valence-electron chi connectivity index (χ1n) is 6.61. The maximum atomic E-state index is 12.4. The second kappa shape index (κ2) is 6.62. The fraction of sp³-hybridized carbons (Fsp3) is 0.429. The molecule has 2 N–H and O–H groups in total. The third-order valence-electron chi connectivity index (χ3n) is 3.29. The molecule has 1 heterocycles. The van der Waals surface area contributed by atoms with Gasteiger partial charge in [0.15, 0.2) is 0 Å². The van der Waals surface area contributed by atoms with Gasteiger partial charge in [-0.2, -0.15) is 8.78 Å². The molecular weight excluding hydrogens is 282 g/mol. The molecule has 21 heavy (non-hydrogen) atoms. The number of imide groups is 1. The Hall–Kier alpha value is -2.02. The molecule has 2 unspecified atom stereocenters. The summed E-state index contributed by atoms with van der Waals surface area (Å²) in [5, 5.41) is 5.27. The molecule has 0 radical (unpaired) electrons. The number of hydrogen-bond acceptors (Lipinski definition) is 4. The SMILES string of the molecule is CC(NC1CCC(=O)NC1=O)c1ccccc1OC(F)F. The van der Waals surface area contributed by atoms with E-state index in [0.29, 0.717) is 12.0 Å². The molecular formula is C14H16F2N2O3. The molecule has 0 spiro atoms. The van der Waals surface area contributed by atoms with Gasteiger partial charge in [0, 0.05) is 18.0 Å². The first-order valence-corrected chi connectivity index (χ1v) is 6.61. The van der Waals surface area contributed by atoms with Crippen molar-refractivity contribution in [3.05, 3.63) is 29.8 Å². The number of nitrogens with one attached hydrogen (secondary N) is 2. The van der Waals surface area contributed by atoms with Gasteiger partial charge in [0.1, 0.15) is 5.75 Å². The van der Waals surface area contributed by atoms with Gasteiger partial charge in [-0.1, -0.05) is 18.2 Å². The van der Waals surface area contributed by atoms with Crippen LogP contribution in [0.1, 0.15) is 31.4 Å². The van der Waals surface area contributed by atoms with Gasteiger partial charge in [0.05, 0.1) is 6.04 Å². The summed E-state index contributed by atoms with van der Waals surface area (Å²) >= 11 is 0. The lowest BCUT2D eigenvalue weighted by atomic mass is 10.0. The molecule has 2 atom stereocenters. The Morgan fingerprint density at radius 2 is 2.05 bits per heavy atom. The van der Waals surface area contributed by atoms with E-state index in [0.717, 1.165) is 0 Å². The normalized spacial score (nSPS) is 20.3. The molecule has 0 bridgehead atoms. The maximum Gasteiger partial charge on any atom is 0.387 e. The van der Waals surface area contributed by atoms with E-state index < -0.39 is 18.6 Å². The Kier molecular flexibility index (Phi) is 4.85. The van der Waals surface area contributed by atoms with Crippen molar-refractivity contribution in [2.75, 3.05) is 0 Å². The molecule has 5 nitrogen and oxygen atoms in total. The zero-order chi connectivity index (χ0) is 15.4. The molecule has 0 aromatic heterocycles. The number of piperidine rings is 1. The van der Waals surface area contributed by atoms with Crippen LogP contribution in [0.3, 0.4) is 0 Å². The zero-order valence-corrected chi connectivity index (χ0v) is 11.4. The van der Waals surface area contributed by atoms with Crippen molar-refractivity contribution >= 4 is 11.8 Å². The number of hydrogen-bond donors (Lipinski definition) is 2. The Morgan fingerprint density at radius 3 is 2.71 bits per heavy atom. The monoisotopic (exact) mass is 298 g/mol. The maximum absolute atomic E-state index is 12.4. The highest BCUT2D eigenvalue weighted by molar-refractivity contribution is 6.00. The summed E-state index contributed by atoms with van der Waals surface area (Å²) < 4.78 is 29.2. The van der Waals surface area contributed by atoms with Gasteiger partial charge < -0.3 is 4.74 Å². The number of alkyl halides is 2. The summed E-state index contributed by atoms with van der Waals surface area (Å²) in [6.07, 6.45) is 0.637. The van der Waals surface area contributed by atoms with Crippen LogP contribution in [0, 0.1) is 0 Å². The van der Waals surface area contributed by atoms with E-state index >= 15 is 0 Å². The number of carbonyl (C=O) groups is 2. The Morgan fingerprint density at radius 1 is 1.33 bits per heavy atom. The van der Waals surface area contributed by atoms with Gasteiger partial charge in [0.25, 0.3) is 0 Å². The van der Waals surface area contributed by atoms with Crippen LogP contribution < -0.4 is 15.4 Å². The quantitative estimate of drug-likeness (QED) is 0.813. The average molecular weight is 298 g/mol. The largest absolute Gasteiger partial charge is 0.434 e. The Balaban J connectivity index is 2.08. The van der Waals surface area contributed by atoms with E-state index in [1.54, 1.807) is 25.1 Å². The fourth-order valence-electron chi connectivity index (χ4n) is 2.29. The van der Waals surface area contributed by atoms with E-state index in [2.05, 4.69) is 15.4 Å². The first-order chi connectivity index (χ1) is 9.97. The molecule has 1 aromatic rings. The van der Waals surface area contributed by atoms with Gasteiger partial charge >= 0.3 is 6.61 Å². The lowest BCUT2D eigenvalue weighted by Gasteiger charge is -2.26. The van der Waals surface area contributed by atoms with Crippen molar-refractivity contribution < 1.29 is 23.1 Å². The summed E-state index contributed by atoms with van der Waals surface area (Å²) in [6, 6.07) is 5.50. The minimum atomic E-state index is -2.91. The van der Waals surface area contributed by atoms with E-state index in [4.69, 9.17) is 0 Å². The number of rotatable bonds is 5. The first kappa shape index (κ1) is 15.4. The lowest BCUT2D eigenvalue weighted by Crippen LogP contribution is -2.51. The highest BCUT2D eigenvalue weighted by atomic mass is 19.3. The molecule has 114 valence electrons. The molecule has 0 saturated carbocycles. The minimum Gasteiger partial charge on any atom is -0.434 e. The summed E-state index contributed by atoms with van der Waals surface area (Å²) in [5.74, 6) is -0.628. The second-order valence-electron chi connectivity index (χ2n) is 4.81. The van der Waals surface area contributed by atoms with Crippen molar-refractivity contribution in [3.8, 4) is 5.75 Å². The summed E-state index contributed by atoms with van der Waals surface area (Å²) in [6.45, 7) is -1.16. The van der Waals surface area contributed by atoms with Gasteiger partial charge in [-0.25, -0.2) is 0 Å².